The third kappa shape index (κ3) is 3.76. The standard InChI is InChI=1S/C18H23N3O3/c1-23-15-11-13-10-14(5-6-16(13)20-12-15)24-9-8-21-7-3-2-4-17(21)18(19)22/h5-6,10-12,17H,2-4,7-9H2,1H3,(H2,19,22). The molecule has 2 aromatic rings. The first-order chi connectivity index (χ1) is 11.7. The van der Waals surface area contributed by atoms with Crippen molar-refractivity contribution in [3.05, 3.63) is 30.5 Å². The van der Waals surface area contributed by atoms with Crippen LogP contribution in [0, 0.1) is 0 Å². The predicted octanol–water partition coefficient (Wildman–Crippen LogP) is 1.96. The Morgan fingerprint density at radius 3 is 2.96 bits per heavy atom. The van der Waals surface area contributed by atoms with Crippen LogP contribution in [0.25, 0.3) is 10.9 Å². The van der Waals surface area contributed by atoms with E-state index in [-0.39, 0.29) is 11.9 Å². The Labute approximate surface area is 141 Å². The van der Waals surface area contributed by atoms with Gasteiger partial charge >= 0.3 is 0 Å². The first-order valence-electron chi connectivity index (χ1n) is 8.27. The molecule has 2 heterocycles. The minimum atomic E-state index is -0.237. The number of carbonyl (C=O) groups excluding carboxylic acids is 1. The molecule has 0 saturated carbocycles. The number of fused-ring (bicyclic) bond motifs is 1. The van der Waals surface area contributed by atoms with Gasteiger partial charge in [0, 0.05) is 11.9 Å². The number of primary amides is 1. The van der Waals surface area contributed by atoms with Crippen LogP contribution in [0.4, 0.5) is 0 Å². The number of hydrogen-bond acceptors (Lipinski definition) is 5. The zero-order valence-electron chi connectivity index (χ0n) is 13.9. The highest BCUT2D eigenvalue weighted by Crippen LogP contribution is 2.23. The molecule has 1 unspecified atom stereocenters. The Kier molecular flexibility index (Phi) is 5.15. The highest BCUT2D eigenvalue weighted by molar-refractivity contribution is 5.81. The quantitative estimate of drug-likeness (QED) is 0.876. The van der Waals surface area contributed by atoms with Crippen LogP contribution in [-0.4, -0.2) is 48.6 Å². The smallest absolute Gasteiger partial charge is 0.234 e. The normalized spacial score (nSPS) is 18.5. The molecule has 128 valence electrons. The van der Waals surface area contributed by atoms with Crippen molar-refractivity contribution in [1.29, 1.82) is 0 Å². The fraction of sp³-hybridized carbons (Fsp3) is 0.444. The Balaban J connectivity index is 1.61. The predicted molar refractivity (Wildman–Crippen MR) is 92.2 cm³/mol. The second-order valence-corrected chi connectivity index (χ2v) is 6.03. The number of rotatable bonds is 6. The summed E-state index contributed by atoms with van der Waals surface area (Å²) in [5.41, 5.74) is 6.39. The maximum absolute atomic E-state index is 11.5. The van der Waals surface area contributed by atoms with E-state index in [0.29, 0.717) is 13.2 Å². The van der Waals surface area contributed by atoms with E-state index in [9.17, 15) is 4.79 Å². The first kappa shape index (κ1) is 16.5. The number of benzene rings is 1. The van der Waals surface area contributed by atoms with Gasteiger partial charge in [0.2, 0.25) is 5.91 Å². The van der Waals surface area contributed by atoms with E-state index < -0.39 is 0 Å². The summed E-state index contributed by atoms with van der Waals surface area (Å²) in [6.07, 6.45) is 4.70. The molecule has 1 aliphatic rings. The fourth-order valence-electron chi connectivity index (χ4n) is 3.15. The number of hydrogen-bond donors (Lipinski definition) is 1. The fourth-order valence-corrected chi connectivity index (χ4v) is 3.15. The summed E-state index contributed by atoms with van der Waals surface area (Å²) >= 11 is 0. The van der Waals surface area contributed by atoms with Gasteiger partial charge in [-0.2, -0.15) is 0 Å². The van der Waals surface area contributed by atoms with Gasteiger partial charge in [-0.15, -0.1) is 0 Å². The lowest BCUT2D eigenvalue weighted by Gasteiger charge is -2.33. The summed E-state index contributed by atoms with van der Waals surface area (Å²) < 4.78 is 11.1. The molecule has 3 rings (SSSR count). The summed E-state index contributed by atoms with van der Waals surface area (Å²) in [6.45, 7) is 2.12. The average molecular weight is 329 g/mol. The van der Waals surface area contributed by atoms with Crippen LogP contribution >= 0.6 is 0 Å². The van der Waals surface area contributed by atoms with Crippen LogP contribution in [-0.2, 0) is 4.79 Å². The molecule has 1 aromatic heterocycles. The summed E-state index contributed by atoms with van der Waals surface area (Å²) in [4.78, 5) is 18.0. The molecule has 24 heavy (non-hydrogen) atoms. The molecular weight excluding hydrogens is 306 g/mol. The van der Waals surface area contributed by atoms with Gasteiger partial charge in [0.1, 0.15) is 18.1 Å². The summed E-state index contributed by atoms with van der Waals surface area (Å²) in [7, 11) is 1.62. The molecule has 0 bridgehead atoms. The van der Waals surface area contributed by atoms with Crippen molar-refractivity contribution in [3.63, 3.8) is 0 Å². The maximum Gasteiger partial charge on any atom is 0.234 e. The van der Waals surface area contributed by atoms with Crippen molar-refractivity contribution in [3.8, 4) is 11.5 Å². The molecule has 1 amide bonds. The van der Waals surface area contributed by atoms with Crippen molar-refractivity contribution < 1.29 is 14.3 Å². The summed E-state index contributed by atoms with van der Waals surface area (Å²) in [5, 5.41) is 0.972. The van der Waals surface area contributed by atoms with Crippen LogP contribution in [0.2, 0.25) is 0 Å². The van der Waals surface area contributed by atoms with E-state index in [2.05, 4.69) is 9.88 Å². The lowest BCUT2D eigenvalue weighted by Crippen LogP contribution is -2.48. The van der Waals surface area contributed by atoms with Gasteiger partial charge in [-0.05, 0) is 43.7 Å². The van der Waals surface area contributed by atoms with Gasteiger partial charge < -0.3 is 15.2 Å². The Hall–Kier alpha value is -2.34. The lowest BCUT2D eigenvalue weighted by molar-refractivity contribution is -0.124. The number of nitrogens with zero attached hydrogens (tertiary/aromatic N) is 2. The van der Waals surface area contributed by atoms with Crippen LogP contribution < -0.4 is 15.2 Å². The molecule has 1 aromatic carbocycles. The molecule has 1 atom stereocenters. The third-order valence-electron chi connectivity index (χ3n) is 4.45. The lowest BCUT2D eigenvalue weighted by atomic mass is 10.0. The Morgan fingerprint density at radius 1 is 1.33 bits per heavy atom. The number of piperidine rings is 1. The first-order valence-corrected chi connectivity index (χ1v) is 8.27. The van der Waals surface area contributed by atoms with E-state index in [1.165, 1.54) is 0 Å². The van der Waals surface area contributed by atoms with E-state index in [1.54, 1.807) is 13.3 Å². The zero-order chi connectivity index (χ0) is 16.9. The SMILES string of the molecule is COc1cnc2ccc(OCCN3CCCCC3C(N)=O)cc2c1. The molecule has 1 saturated heterocycles. The second kappa shape index (κ2) is 7.49. The van der Waals surface area contributed by atoms with Crippen LogP contribution in [0.1, 0.15) is 19.3 Å². The number of ether oxygens (including phenoxy) is 2. The van der Waals surface area contributed by atoms with Gasteiger partial charge in [0.05, 0.1) is 24.9 Å². The minimum Gasteiger partial charge on any atom is -0.495 e. The Morgan fingerprint density at radius 2 is 2.17 bits per heavy atom. The van der Waals surface area contributed by atoms with Gasteiger partial charge in [0.15, 0.2) is 0 Å². The van der Waals surface area contributed by atoms with Gasteiger partial charge in [-0.1, -0.05) is 6.42 Å². The average Bonchev–Trinajstić information content (AvgIpc) is 2.61. The maximum atomic E-state index is 11.5. The van der Waals surface area contributed by atoms with Gasteiger partial charge in [-0.3, -0.25) is 14.7 Å². The molecular formula is C18H23N3O3. The van der Waals surface area contributed by atoms with Gasteiger partial charge in [-0.25, -0.2) is 0 Å². The van der Waals surface area contributed by atoms with Crippen molar-refractivity contribution in [2.75, 3.05) is 26.8 Å². The van der Waals surface area contributed by atoms with Crippen molar-refractivity contribution in [1.82, 2.24) is 9.88 Å². The van der Waals surface area contributed by atoms with E-state index in [4.69, 9.17) is 15.2 Å². The zero-order valence-corrected chi connectivity index (χ0v) is 13.9. The van der Waals surface area contributed by atoms with E-state index in [0.717, 1.165) is 48.2 Å². The summed E-state index contributed by atoms with van der Waals surface area (Å²) in [6, 6.07) is 7.56. The molecule has 0 spiro atoms. The van der Waals surface area contributed by atoms with Gasteiger partial charge in [0.25, 0.3) is 0 Å². The topological polar surface area (TPSA) is 77.7 Å². The number of methoxy groups -OCH3 is 1. The largest absolute Gasteiger partial charge is 0.495 e. The van der Waals surface area contributed by atoms with Crippen molar-refractivity contribution in [2.24, 2.45) is 5.73 Å². The van der Waals surface area contributed by atoms with Crippen LogP contribution in [0.5, 0.6) is 11.5 Å². The molecule has 2 N–H and O–H groups in total. The monoisotopic (exact) mass is 329 g/mol. The van der Waals surface area contributed by atoms with Crippen LogP contribution in [0.3, 0.4) is 0 Å². The highest BCUT2D eigenvalue weighted by atomic mass is 16.5. The second-order valence-electron chi connectivity index (χ2n) is 6.03. The molecule has 0 aliphatic carbocycles. The van der Waals surface area contributed by atoms with Crippen molar-refractivity contribution >= 4 is 16.8 Å². The number of pyridine rings is 1. The number of aromatic nitrogens is 1. The molecule has 1 fully saturated rings. The van der Waals surface area contributed by atoms with E-state index >= 15 is 0 Å². The Bertz CT molecular complexity index is 720. The number of likely N-dealkylation sites (tertiary alicyclic amines) is 1. The number of nitrogens with two attached hydrogens (primary N) is 1. The third-order valence-corrected chi connectivity index (χ3v) is 4.45. The summed E-state index contributed by atoms with van der Waals surface area (Å²) in [5.74, 6) is 1.26. The van der Waals surface area contributed by atoms with E-state index in [1.807, 2.05) is 24.3 Å². The van der Waals surface area contributed by atoms with Crippen LogP contribution in [0.15, 0.2) is 30.5 Å². The molecule has 0 radical (unpaired) electrons. The molecule has 6 nitrogen and oxygen atoms in total. The number of carbonyl (C=O) groups is 1. The van der Waals surface area contributed by atoms with Crippen molar-refractivity contribution in [2.45, 2.75) is 25.3 Å². The molecule has 1 aliphatic heterocycles. The number of amides is 1. The minimum absolute atomic E-state index is 0.160. The molecule has 6 heteroatoms. The highest BCUT2D eigenvalue weighted by Gasteiger charge is 2.26.